The molecule has 0 rings (SSSR count). The van der Waals surface area contributed by atoms with Crippen LogP contribution >= 0.6 is 11.8 Å². The lowest BCUT2D eigenvalue weighted by Crippen LogP contribution is -2.54. The number of rotatable bonds is 7. The molecule has 15 heavy (non-hydrogen) atoms. The Labute approximate surface area is 95.4 Å². The normalized spacial score (nSPS) is 11.9. The molecule has 0 bridgehead atoms. The molecule has 1 amide bonds. The zero-order chi connectivity index (χ0) is 11.9. The third kappa shape index (κ3) is 5.39. The van der Waals surface area contributed by atoms with Crippen molar-refractivity contribution < 1.29 is 15.0 Å². The Kier molecular flexibility index (Phi) is 6.96. The molecule has 0 spiro atoms. The fourth-order valence-corrected chi connectivity index (χ4v) is 1.57. The van der Waals surface area contributed by atoms with Gasteiger partial charge in [-0.15, -0.1) is 11.8 Å². The Morgan fingerprint density at radius 2 is 1.93 bits per heavy atom. The molecule has 0 atom stereocenters. The lowest BCUT2D eigenvalue weighted by Gasteiger charge is -2.29. The van der Waals surface area contributed by atoms with E-state index in [4.69, 9.17) is 10.2 Å². The number of amides is 1. The predicted octanol–water partition coefficient (Wildman–Crippen LogP) is 0.378. The molecule has 0 aromatic heterocycles. The van der Waals surface area contributed by atoms with Gasteiger partial charge in [0.05, 0.1) is 24.5 Å². The first-order chi connectivity index (χ1) is 6.99. The number of hydrogen-bond acceptors (Lipinski definition) is 4. The fourth-order valence-electron chi connectivity index (χ4n) is 1.02. The van der Waals surface area contributed by atoms with Gasteiger partial charge in [-0.3, -0.25) is 4.79 Å². The van der Waals surface area contributed by atoms with Gasteiger partial charge in [0.25, 0.3) is 0 Å². The highest BCUT2D eigenvalue weighted by molar-refractivity contribution is 8.00. The summed E-state index contributed by atoms with van der Waals surface area (Å²) in [6, 6.07) is 0. The maximum absolute atomic E-state index is 11.5. The minimum atomic E-state index is -0.866. The van der Waals surface area contributed by atoms with Crippen LogP contribution in [0, 0.1) is 0 Å². The van der Waals surface area contributed by atoms with Crippen LogP contribution in [0.1, 0.15) is 27.2 Å². The van der Waals surface area contributed by atoms with E-state index in [1.54, 1.807) is 0 Å². The van der Waals surface area contributed by atoms with Gasteiger partial charge < -0.3 is 15.5 Å². The van der Waals surface area contributed by atoms with E-state index >= 15 is 0 Å². The Morgan fingerprint density at radius 1 is 1.40 bits per heavy atom. The molecule has 0 aliphatic heterocycles. The number of hydrogen-bond donors (Lipinski definition) is 3. The molecule has 0 aromatic carbocycles. The van der Waals surface area contributed by atoms with Crippen molar-refractivity contribution in [1.82, 2.24) is 5.32 Å². The third-order valence-electron chi connectivity index (χ3n) is 2.23. The zero-order valence-corrected chi connectivity index (χ0v) is 10.4. The second kappa shape index (κ2) is 7.09. The Hall–Kier alpha value is -0.260. The summed E-state index contributed by atoms with van der Waals surface area (Å²) in [7, 11) is 0. The minimum Gasteiger partial charge on any atom is -0.394 e. The van der Waals surface area contributed by atoms with Gasteiger partial charge in [-0.05, 0) is 11.7 Å². The number of aliphatic hydroxyl groups excluding tert-OH is 2. The van der Waals surface area contributed by atoms with E-state index in [1.807, 2.05) is 20.8 Å². The van der Waals surface area contributed by atoms with Crippen LogP contribution in [0.5, 0.6) is 0 Å². The summed E-state index contributed by atoms with van der Waals surface area (Å²) in [5.74, 6) is 0.220. The first-order valence-corrected chi connectivity index (χ1v) is 6.19. The molecule has 0 saturated carbocycles. The van der Waals surface area contributed by atoms with Crippen LogP contribution in [-0.4, -0.2) is 45.9 Å². The molecule has 0 aliphatic carbocycles. The van der Waals surface area contributed by atoms with Crippen LogP contribution in [0.15, 0.2) is 0 Å². The molecule has 0 aliphatic rings. The molecular formula is C10H21NO3S. The van der Waals surface area contributed by atoms with E-state index < -0.39 is 5.54 Å². The largest absolute Gasteiger partial charge is 0.394 e. The predicted molar refractivity (Wildman–Crippen MR) is 62.9 cm³/mol. The quantitative estimate of drug-likeness (QED) is 0.596. The van der Waals surface area contributed by atoms with E-state index in [9.17, 15) is 4.79 Å². The smallest absolute Gasteiger partial charge is 0.230 e. The minimum absolute atomic E-state index is 0.140. The van der Waals surface area contributed by atoms with E-state index in [-0.39, 0.29) is 19.1 Å². The molecule has 4 nitrogen and oxygen atoms in total. The standard InChI is InChI=1S/C10H21NO3S/c1-4-10(6-12,7-13)11-9(14)5-15-8(2)3/h8,12-13H,4-7H2,1-3H3,(H,11,14). The van der Waals surface area contributed by atoms with Gasteiger partial charge in [-0.2, -0.15) is 0 Å². The molecule has 5 heteroatoms. The number of aliphatic hydroxyl groups is 2. The van der Waals surface area contributed by atoms with Crippen molar-refractivity contribution in [2.45, 2.75) is 38.0 Å². The van der Waals surface area contributed by atoms with Gasteiger partial charge in [0, 0.05) is 0 Å². The highest BCUT2D eigenvalue weighted by Gasteiger charge is 2.28. The van der Waals surface area contributed by atoms with Crippen LogP contribution in [0.2, 0.25) is 0 Å². The second-order valence-electron chi connectivity index (χ2n) is 3.86. The highest BCUT2D eigenvalue weighted by Crippen LogP contribution is 2.11. The SMILES string of the molecule is CCC(CO)(CO)NC(=O)CSC(C)C. The number of nitrogens with one attached hydrogen (secondary N) is 1. The van der Waals surface area contributed by atoms with Crippen molar-refractivity contribution in [2.75, 3.05) is 19.0 Å². The maximum atomic E-state index is 11.5. The molecule has 0 aromatic rings. The van der Waals surface area contributed by atoms with E-state index in [0.717, 1.165) is 0 Å². The summed E-state index contributed by atoms with van der Waals surface area (Å²) in [6.07, 6.45) is 0.512. The average Bonchev–Trinajstić information content (AvgIpc) is 2.23. The average molecular weight is 235 g/mol. The van der Waals surface area contributed by atoms with Crippen molar-refractivity contribution in [2.24, 2.45) is 0 Å². The first-order valence-electron chi connectivity index (χ1n) is 5.14. The Morgan fingerprint density at radius 3 is 2.27 bits per heavy atom. The summed E-state index contributed by atoms with van der Waals surface area (Å²) in [5.41, 5.74) is -0.866. The van der Waals surface area contributed by atoms with Crippen molar-refractivity contribution in [1.29, 1.82) is 0 Å². The molecule has 0 fully saturated rings. The Bertz CT molecular complexity index is 185. The third-order valence-corrected chi connectivity index (χ3v) is 3.33. The van der Waals surface area contributed by atoms with Crippen molar-refractivity contribution >= 4 is 17.7 Å². The second-order valence-corrected chi connectivity index (χ2v) is 5.42. The van der Waals surface area contributed by atoms with Gasteiger partial charge in [-0.25, -0.2) is 0 Å². The molecule has 0 radical (unpaired) electrons. The van der Waals surface area contributed by atoms with Crippen LogP contribution in [0.4, 0.5) is 0 Å². The van der Waals surface area contributed by atoms with Crippen LogP contribution in [0.25, 0.3) is 0 Å². The topological polar surface area (TPSA) is 69.6 Å². The maximum Gasteiger partial charge on any atom is 0.230 e. The fraction of sp³-hybridized carbons (Fsp3) is 0.900. The molecule has 3 N–H and O–H groups in total. The highest BCUT2D eigenvalue weighted by atomic mass is 32.2. The monoisotopic (exact) mass is 235 g/mol. The summed E-state index contributed by atoms with van der Waals surface area (Å²) in [5, 5.41) is 21.3. The lowest BCUT2D eigenvalue weighted by atomic mass is 9.99. The molecule has 90 valence electrons. The first kappa shape index (κ1) is 14.7. The molecule has 0 unspecified atom stereocenters. The van der Waals surface area contributed by atoms with Crippen molar-refractivity contribution in [3.63, 3.8) is 0 Å². The van der Waals surface area contributed by atoms with E-state index in [1.165, 1.54) is 11.8 Å². The molecule has 0 heterocycles. The van der Waals surface area contributed by atoms with Gasteiger partial charge >= 0.3 is 0 Å². The summed E-state index contributed by atoms with van der Waals surface area (Å²) >= 11 is 1.54. The van der Waals surface area contributed by atoms with Crippen molar-refractivity contribution in [3.8, 4) is 0 Å². The summed E-state index contributed by atoms with van der Waals surface area (Å²) in [6.45, 7) is 5.38. The van der Waals surface area contributed by atoms with Crippen LogP contribution in [-0.2, 0) is 4.79 Å². The number of thioether (sulfide) groups is 1. The lowest BCUT2D eigenvalue weighted by molar-refractivity contribution is -0.121. The van der Waals surface area contributed by atoms with Crippen molar-refractivity contribution in [3.05, 3.63) is 0 Å². The summed E-state index contributed by atoms with van der Waals surface area (Å²) < 4.78 is 0. The van der Waals surface area contributed by atoms with Gasteiger partial charge in [0.15, 0.2) is 0 Å². The van der Waals surface area contributed by atoms with Crippen LogP contribution in [0.3, 0.4) is 0 Å². The zero-order valence-electron chi connectivity index (χ0n) is 9.62. The van der Waals surface area contributed by atoms with Gasteiger partial charge in [0.1, 0.15) is 0 Å². The Balaban J connectivity index is 4.11. The van der Waals surface area contributed by atoms with Gasteiger partial charge in [-0.1, -0.05) is 20.8 Å². The van der Waals surface area contributed by atoms with Gasteiger partial charge in [0.2, 0.25) is 5.91 Å². The summed E-state index contributed by atoms with van der Waals surface area (Å²) in [4.78, 5) is 11.5. The van der Waals surface area contributed by atoms with E-state index in [2.05, 4.69) is 5.32 Å². The number of carbonyl (C=O) groups is 1. The molecule has 0 saturated heterocycles. The van der Waals surface area contributed by atoms with Crippen LogP contribution < -0.4 is 5.32 Å². The number of carbonyl (C=O) groups excluding carboxylic acids is 1. The van der Waals surface area contributed by atoms with E-state index in [0.29, 0.717) is 17.4 Å². The molecular weight excluding hydrogens is 214 g/mol.